The Kier molecular flexibility index (Phi) is 6.29. The molecule has 0 heterocycles. The van der Waals surface area contributed by atoms with Gasteiger partial charge >= 0.3 is 5.97 Å². The van der Waals surface area contributed by atoms with Gasteiger partial charge in [-0.1, -0.05) is 47.5 Å². The monoisotopic (exact) mass is 412 g/mol. The number of para-hydroxylation sites is 1. The molecule has 0 aliphatic rings. The molecule has 0 aliphatic carbocycles. The van der Waals surface area contributed by atoms with Gasteiger partial charge in [0.05, 0.1) is 12.1 Å². The number of halogens is 1. The summed E-state index contributed by atoms with van der Waals surface area (Å²) in [7, 11) is 1.22. The summed E-state index contributed by atoms with van der Waals surface area (Å²) in [6.45, 7) is 2.01. The van der Waals surface area contributed by atoms with E-state index in [1.165, 1.54) is 7.11 Å². The highest BCUT2D eigenvalue weighted by Gasteiger charge is 2.23. The van der Waals surface area contributed by atoms with Crippen LogP contribution < -0.4 is 4.74 Å². The van der Waals surface area contributed by atoms with Gasteiger partial charge in [-0.2, -0.15) is 0 Å². The van der Waals surface area contributed by atoms with Crippen LogP contribution in [0, 0.1) is 6.92 Å². The first-order valence-electron chi connectivity index (χ1n) is 9.04. The van der Waals surface area contributed by atoms with Crippen LogP contribution in [-0.2, 0) is 17.6 Å². The van der Waals surface area contributed by atoms with Gasteiger partial charge in [0.2, 0.25) is 0 Å². The summed E-state index contributed by atoms with van der Waals surface area (Å²) in [5, 5.41) is 20.1. The normalized spacial score (nSPS) is 10.6. The van der Waals surface area contributed by atoms with Crippen molar-refractivity contribution in [2.75, 3.05) is 7.11 Å². The molecule has 0 unspecified atom stereocenters. The van der Waals surface area contributed by atoms with Crippen LogP contribution in [0.5, 0.6) is 23.0 Å². The first-order valence-corrected chi connectivity index (χ1v) is 9.42. The Bertz CT molecular complexity index is 1030. The summed E-state index contributed by atoms with van der Waals surface area (Å²) in [6.07, 6.45) is 0.758. The Morgan fingerprint density at radius 1 is 1.00 bits per heavy atom. The zero-order valence-corrected chi connectivity index (χ0v) is 16.9. The number of carbonyl (C=O) groups is 1. The zero-order valence-electron chi connectivity index (χ0n) is 16.1. The first-order chi connectivity index (χ1) is 13.9. The predicted octanol–water partition coefficient (Wildman–Crippen LogP) is 5.42. The molecule has 2 N–H and O–H groups in total. The van der Waals surface area contributed by atoms with Crippen LogP contribution in [-0.4, -0.2) is 23.3 Å². The van der Waals surface area contributed by atoms with Crippen LogP contribution in [0.4, 0.5) is 0 Å². The third-order valence-corrected chi connectivity index (χ3v) is 5.00. The molecular formula is C23H21ClO5. The molecule has 3 aromatic rings. The van der Waals surface area contributed by atoms with Gasteiger partial charge in [-0.05, 0) is 49.1 Å². The van der Waals surface area contributed by atoms with Crippen molar-refractivity contribution in [2.24, 2.45) is 0 Å². The molecule has 0 saturated heterocycles. The number of ether oxygens (including phenoxy) is 2. The smallest absolute Gasteiger partial charge is 0.341 e. The number of aryl methyl sites for hydroxylation is 2. The van der Waals surface area contributed by atoms with Crippen molar-refractivity contribution in [3.8, 4) is 23.0 Å². The molecule has 3 rings (SSSR count). The van der Waals surface area contributed by atoms with Gasteiger partial charge < -0.3 is 19.7 Å². The van der Waals surface area contributed by atoms with Crippen LogP contribution in [0.3, 0.4) is 0 Å². The quantitative estimate of drug-likeness (QED) is 0.528. The summed E-state index contributed by atoms with van der Waals surface area (Å²) in [5.41, 5.74) is 2.30. The number of aromatic hydroxyl groups is 2. The second kappa shape index (κ2) is 8.88. The van der Waals surface area contributed by atoms with E-state index in [9.17, 15) is 15.0 Å². The van der Waals surface area contributed by atoms with Crippen LogP contribution in [0.15, 0.2) is 54.6 Å². The predicted molar refractivity (Wildman–Crippen MR) is 111 cm³/mol. The Morgan fingerprint density at radius 2 is 1.69 bits per heavy atom. The van der Waals surface area contributed by atoms with Crippen LogP contribution >= 0.6 is 11.6 Å². The van der Waals surface area contributed by atoms with Gasteiger partial charge in [-0.3, -0.25) is 0 Å². The van der Waals surface area contributed by atoms with Gasteiger partial charge in [0.25, 0.3) is 0 Å². The van der Waals surface area contributed by atoms with Crippen molar-refractivity contribution >= 4 is 17.6 Å². The van der Waals surface area contributed by atoms with Crippen molar-refractivity contribution in [1.82, 2.24) is 0 Å². The molecule has 29 heavy (non-hydrogen) atoms. The van der Waals surface area contributed by atoms with E-state index in [1.54, 1.807) is 0 Å². The summed E-state index contributed by atoms with van der Waals surface area (Å²) >= 11 is 6.22. The Morgan fingerprint density at radius 3 is 2.38 bits per heavy atom. The third kappa shape index (κ3) is 4.63. The number of hydrogen-bond acceptors (Lipinski definition) is 5. The average molecular weight is 413 g/mol. The maximum Gasteiger partial charge on any atom is 0.341 e. The number of benzene rings is 3. The number of phenols is 2. The van der Waals surface area contributed by atoms with Crippen LogP contribution in [0.1, 0.15) is 27.0 Å². The highest BCUT2D eigenvalue weighted by molar-refractivity contribution is 6.33. The fourth-order valence-corrected chi connectivity index (χ4v) is 3.29. The topological polar surface area (TPSA) is 76.0 Å². The van der Waals surface area contributed by atoms with E-state index in [0.717, 1.165) is 17.2 Å². The van der Waals surface area contributed by atoms with Gasteiger partial charge in [0, 0.05) is 6.07 Å². The molecular weight excluding hydrogens is 392 g/mol. The molecule has 0 fully saturated rings. The van der Waals surface area contributed by atoms with E-state index in [0.29, 0.717) is 29.9 Å². The summed E-state index contributed by atoms with van der Waals surface area (Å²) in [6, 6.07) is 16.3. The minimum Gasteiger partial charge on any atom is -0.507 e. The number of rotatable bonds is 6. The van der Waals surface area contributed by atoms with E-state index in [1.807, 2.05) is 55.5 Å². The maximum atomic E-state index is 12.1. The number of phenolic OH excluding ortho intramolecular Hbond substituents is 2. The lowest BCUT2D eigenvalue weighted by Gasteiger charge is -2.15. The summed E-state index contributed by atoms with van der Waals surface area (Å²) < 4.78 is 10.8. The van der Waals surface area contributed by atoms with Crippen molar-refractivity contribution < 1.29 is 24.5 Å². The molecule has 0 atom stereocenters. The molecule has 0 bridgehead atoms. The number of methoxy groups -OCH3 is 1. The van der Waals surface area contributed by atoms with Crippen molar-refractivity contribution in [2.45, 2.75) is 19.8 Å². The van der Waals surface area contributed by atoms with Gasteiger partial charge in [0.1, 0.15) is 28.6 Å². The number of esters is 1. The maximum absolute atomic E-state index is 12.1. The summed E-state index contributed by atoms with van der Waals surface area (Å²) in [5.74, 6) is 0.000317. The van der Waals surface area contributed by atoms with Crippen LogP contribution in [0.25, 0.3) is 0 Å². The number of hydrogen-bond donors (Lipinski definition) is 2. The molecule has 0 saturated carbocycles. The SMILES string of the molecule is COC(=O)c1c(O)cc(O)c(Cl)c1CCc1ccccc1Oc1ccc(C)cc1. The molecule has 0 amide bonds. The highest BCUT2D eigenvalue weighted by Crippen LogP contribution is 2.38. The minimum atomic E-state index is -0.719. The Labute approximate surface area is 174 Å². The van der Waals surface area contributed by atoms with E-state index >= 15 is 0 Å². The second-order valence-corrected chi connectivity index (χ2v) is 6.97. The fourth-order valence-electron chi connectivity index (χ4n) is 3.05. The lowest BCUT2D eigenvalue weighted by Crippen LogP contribution is -2.08. The Balaban J connectivity index is 1.89. The molecule has 6 heteroatoms. The third-order valence-electron chi connectivity index (χ3n) is 4.58. The fraction of sp³-hybridized carbons (Fsp3) is 0.174. The molecule has 3 aromatic carbocycles. The summed E-state index contributed by atoms with van der Waals surface area (Å²) in [4.78, 5) is 12.1. The van der Waals surface area contributed by atoms with Crippen molar-refractivity contribution in [1.29, 1.82) is 0 Å². The lowest BCUT2D eigenvalue weighted by atomic mass is 9.98. The van der Waals surface area contributed by atoms with Gasteiger partial charge in [-0.15, -0.1) is 0 Å². The van der Waals surface area contributed by atoms with Gasteiger partial charge in [0.15, 0.2) is 0 Å². The van der Waals surface area contributed by atoms with Crippen molar-refractivity contribution in [3.63, 3.8) is 0 Å². The molecule has 5 nitrogen and oxygen atoms in total. The van der Waals surface area contributed by atoms with Gasteiger partial charge in [-0.25, -0.2) is 4.79 Å². The zero-order chi connectivity index (χ0) is 21.0. The first kappa shape index (κ1) is 20.6. The molecule has 0 aliphatic heterocycles. The molecule has 0 radical (unpaired) electrons. The van der Waals surface area contributed by atoms with E-state index in [2.05, 4.69) is 0 Å². The Hall–Kier alpha value is -3.18. The van der Waals surface area contributed by atoms with Crippen LogP contribution in [0.2, 0.25) is 5.02 Å². The van der Waals surface area contributed by atoms with E-state index in [4.69, 9.17) is 21.1 Å². The average Bonchev–Trinajstić information content (AvgIpc) is 2.71. The lowest BCUT2D eigenvalue weighted by molar-refractivity contribution is 0.0596. The highest BCUT2D eigenvalue weighted by atomic mass is 35.5. The molecule has 150 valence electrons. The largest absolute Gasteiger partial charge is 0.507 e. The molecule has 0 aromatic heterocycles. The standard InChI is InChI=1S/C23H21ClO5/c1-14-7-10-16(11-8-14)29-20-6-4-3-5-15(20)9-12-17-21(23(27)28-2)18(25)13-19(26)22(17)24/h3-8,10-11,13,25-26H,9,12H2,1-2H3. The van der Waals surface area contributed by atoms with E-state index < -0.39 is 5.97 Å². The minimum absolute atomic E-state index is 0.0140. The van der Waals surface area contributed by atoms with Crippen molar-refractivity contribution in [3.05, 3.63) is 81.9 Å². The second-order valence-electron chi connectivity index (χ2n) is 6.60. The number of carbonyl (C=O) groups excluding carboxylic acids is 1. The van der Waals surface area contributed by atoms with E-state index in [-0.39, 0.29) is 22.1 Å². The molecule has 0 spiro atoms.